The SMILES string of the molecule is Cc1ccccc1CNC(=O)N1CCC2(CC1)O[C@@H](C(=O)NCC(C)C)Cn1ccnc12. The number of imidazole rings is 1. The minimum absolute atomic E-state index is 0.0755. The number of benzene rings is 1. The summed E-state index contributed by atoms with van der Waals surface area (Å²) < 4.78 is 8.44. The molecule has 172 valence electrons. The van der Waals surface area contributed by atoms with Crippen molar-refractivity contribution in [3.8, 4) is 0 Å². The van der Waals surface area contributed by atoms with Gasteiger partial charge in [0.15, 0.2) is 6.10 Å². The van der Waals surface area contributed by atoms with E-state index < -0.39 is 11.7 Å². The average molecular weight is 440 g/mol. The molecule has 0 aliphatic carbocycles. The molecule has 4 rings (SSSR count). The summed E-state index contributed by atoms with van der Waals surface area (Å²) in [5, 5.41) is 6.02. The van der Waals surface area contributed by atoms with Crippen LogP contribution >= 0.6 is 0 Å². The third kappa shape index (κ3) is 4.65. The maximum Gasteiger partial charge on any atom is 0.317 e. The number of hydrogen-bond acceptors (Lipinski definition) is 4. The van der Waals surface area contributed by atoms with E-state index in [9.17, 15) is 9.59 Å². The molecule has 3 heterocycles. The topological polar surface area (TPSA) is 88.5 Å². The standard InChI is InChI=1S/C24H33N5O3/c1-17(2)14-26-21(30)20-16-29-13-10-25-22(29)24(32-20)8-11-28(12-9-24)23(31)27-15-19-7-5-4-6-18(19)3/h4-7,10,13,17,20H,8-9,11-12,14-16H2,1-3H3,(H,26,30)(H,27,31)/t20-/m1/s1. The van der Waals surface area contributed by atoms with Crippen LogP contribution in [0.15, 0.2) is 36.7 Å². The highest BCUT2D eigenvalue weighted by Crippen LogP contribution is 2.40. The summed E-state index contributed by atoms with van der Waals surface area (Å²) in [5.41, 5.74) is 1.63. The first-order valence-electron chi connectivity index (χ1n) is 11.4. The van der Waals surface area contributed by atoms with Crippen molar-refractivity contribution in [2.75, 3.05) is 19.6 Å². The Kier molecular flexibility index (Phi) is 6.50. The summed E-state index contributed by atoms with van der Waals surface area (Å²) in [6.45, 7) is 8.86. The van der Waals surface area contributed by atoms with Crippen molar-refractivity contribution in [1.29, 1.82) is 0 Å². The number of piperidine rings is 1. The van der Waals surface area contributed by atoms with Gasteiger partial charge in [-0.2, -0.15) is 0 Å². The lowest BCUT2D eigenvalue weighted by molar-refractivity contribution is -0.171. The summed E-state index contributed by atoms with van der Waals surface area (Å²) in [7, 11) is 0. The highest BCUT2D eigenvalue weighted by Gasteiger charge is 2.47. The first kappa shape index (κ1) is 22.3. The number of ether oxygens (including phenoxy) is 1. The molecule has 0 unspecified atom stereocenters. The van der Waals surface area contributed by atoms with E-state index in [4.69, 9.17) is 4.74 Å². The molecule has 8 heteroatoms. The van der Waals surface area contributed by atoms with E-state index in [0.29, 0.717) is 51.5 Å². The van der Waals surface area contributed by atoms with Gasteiger partial charge in [0.25, 0.3) is 5.91 Å². The fourth-order valence-corrected chi connectivity index (χ4v) is 4.46. The molecule has 0 saturated carbocycles. The molecule has 2 N–H and O–H groups in total. The van der Waals surface area contributed by atoms with Gasteiger partial charge in [-0.1, -0.05) is 38.1 Å². The van der Waals surface area contributed by atoms with Gasteiger partial charge < -0.3 is 24.8 Å². The number of amides is 3. The number of fused-ring (bicyclic) bond motifs is 2. The van der Waals surface area contributed by atoms with Crippen LogP contribution in [-0.2, 0) is 28.2 Å². The molecule has 2 aliphatic rings. The lowest BCUT2D eigenvalue weighted by atomic mass is 9.88. The van der Waals surface area contributed by atoms with Gasteiger partial charge in [-0.3, -0.25) is 4.79 Å². The largest absolute Gasteiger partial charge is 0.354 e. The van der Waals surface area contributed by atoms with Crippen LogP contribution < -0.4 is 10.6 Å². The van der Waals surface area contributed by atoms with Gasteiger partial charge in [0.1, 0.15) is 11.4 Å². The highest BCUT2D eigenvalue weighted by molar-refractivity contribution is 5.81. The first-order valence-corrected chi connectivity index (χ1v) is 11.4. The van der Waals surface area contributed by atoms with Crippen LogP contribution in [0.3, 0.4) is 0 Å². The van der Waals surface area contributed by atoms with Crippen LogP contribution in [-0.4, -0.2) is 52.1 Å². The Hall–Kier alpha value is -2.87. The zero-order valence-corrected chi connectivity index (χ0v) is 19.1. The Morgan fingerprint density at radius 1 is 1.22 bits per heavy atom. The normalized spacial score (nSPS) is 19.6. The van der Waals surface area contributed by atoms with Gasteiger partial charge in [-0.15, -0.1) is 0 Å². The second-order valence-corrected chi connectivity index (χ2v) is 9.22. The summed E-state index contributed by atoms with van der Waals surface area (Å²) in [6, 6.07) is 7.97. The van der Waals surface area contributed by atoms with Crippen LogP contribution in [0.4, 0.5) is 4.79 Å². The minimum atomic E-state index is -0.644. The molecule has 1 fully saturated rings. The Morgan fingerprint density at radius 3 is 2.69 bits per heavy atom. The van der Waals surface area contributed by atoms with Crippen LogP contribution in [0, 0.1) is 12.8 Å². The van der Waals surface area contributed by atoms with Crippen LogP contribution in [0.25, 0.3) is 0 Å². The summed E-state index contributed by atoms with van der Waals surface area (Å²) in [5.74, 6) is 1.14. The average Bonchev–Trinajstić information content (AvgIpc) is 3.27. The Bertz CT molecular complexity index is 962. The number of hydrogen-bond donors (Lipinski definition) is 2. The molecule has 2 aromatic rings. The van der Waals surface area contributed by atoms with Crippen molar-refractivity contribution in [3.63, 3.8) is 0 Å². The maximum atomic E-state index is 12.8. The molecule has 2 aliphatic heterocycles. The monoisotopic (exact) mass is 439 g/mol. The predicted octanol–water partition coefficient (Wildman–Crippen LogP) is 2.56. The summed E-state index contributed by atoms with van der Waals surface area (Å²) in [6.07, 6.45) is 4.32. The number of urea groups is 1. The first-order chi connectivity index (χ1) is 15.4. The van der Waals surface area contributed by atoms with E-state index in [0.717, 1.165) is 17.0 Å². The smallest absolute Gasteiger partial charge is 0.317 e. The second kappa shape index (κ2) is 9.32. The van der Waals surface area contributed by atoms with Crippen LogP contribution in [0.5, 0.6) is 0 Å². The second-order valence-electron chi connectivity index (χ2n) is 9.22. The number of aromatic nitrogens is 2. The molecular formula is C24H33N5O3. The summed E-state index contributed by atoms with van der Waals surface area (Å²) in [4.78, 5) is 31.9. The van der Waals surface area contributed by atoms with E-state index in [1.165, 1.54) is 0 Å². The van der Waals surface area contributed by atoms with E-state index in [1.807, 2.05) is 46.9 Å². The fourth-order valence-electron chi connectivity index (χ4n) is 4.46. The Balaban J connectivity index is 1.39. The molecule has 1 atom stereocenters. The van der Waals surface area contributed by atoms with E-state index in [-0.39, 0.29) is 11.9 Å². The lowest BCUT2D eigenvalue weighted by Gasteiger charge is -2.45. The third-order valence-electron chi connectivity index (χ3n) is 6.38. The Labute approximate surface area is 189 Å². The maximum absolute atomic E-state index is 12.8. The van der Waals surface area contributed by atoms with Gasteiger partial charge in [-0.25, -0.2) is 9.78 Å². The summed E-state index contributed by atoms with van der Waals surface area (Å²) >= 11 is 0. The van der Waals surface area contributed by atoms with Crippen molar-refractivity contribution in [3.05, 3.63) is 53.6 Å². The molecule has 0 bridgehead atoms. The number of likely N-dealkylation sites (tertiary alicyclic amines) is 1. The number of aryl methyl sites for hydroxylation is 1. The van der Waals surface area contributed by atoms with Crippen molar-refractivity contribution >= 4 is 11.9 Å². The van der Waals surface area contributed by atoms with Gasteiger partial charge in [-0.05, 0) is 24.0 Å². The quantitative estimate of drug-likeness (QED) is 0.750. The third-order valence-corrected chi connectivity index (χ3v) is 6.38. The zero-order valence-electron chi connectivity index (χ0n) is 19.1. The molecule has 0 radical (unpaired) electrons. The highest BCUT2D eigenvalue weighted by atomic mass is 16.5. The fraction of sp³-hybridized carbons (Fsp3) is 0.542. The molecule has 8 nitrogen and oxygen atoms in total. The molecule has 1 aromatic carbocycles. The number of nitrogens with zero attached hydrogens (tertiary/aromatic N) is 3. The lowest BCUT2D eigenvalue weighted by Crippen LogP contribution is -2.55. The Morgan fingerprint density at radius 2 is 1.97 bits per heavy atom. The predicted molar refractivity (Wildman–Crippen MR) is 121 cm³/mol. The number of carbonyl (C=O) groups is 2. The van der Waals surface area contributed by atoms with Gasteiger partial charge in [0.05, 0.1) is 6.54 Å². The molecule has 1 saturated heterocycles. The van der Waals surface area contributed by atoms with E-state index >= 15 is 0 Å². The van der Waals surface area contributed by atoms with Crippen molar-refractivity contribution < 1.29 is 14.3 Å². The van der Waals surface area contributed by atoms with Gasteiger partial charge >= 0.3 is 6.03 Å². The van der Waals surface area contributed by atoms with Crippen LogP contribution in [0.1, 0.15) is 43.6 Å². The molecule has 32 heavy (non-hydrogen) atoms. The van der Waals surface area contributed by atoms with Crippen molar-refractivity contribution in [2.24, 2.45) is 5.92 Å². The van der Waals surface area contributed by atoms with Crippen LogP contribution in [0.2, 0.25) is 0 Å². The number of carbonyl (C=O) groups excluding carboxylic acids is 2. The molecule has 1 aromatic heterocycles. The van der Waals surface area contributed by atoms with Crippen molar-refractivity contribution in [1.82, 2.24) is 25.1 Å². The number of rotatable bonds is 5. The number of nitrogens with one attached hydrogen (secondary N) is 2. The van der Waals surface area contributed by atoms with Gasteiger partial charge in [0.2, 0.25) is 0 Å². The van der Waals surface area contributed by atoms with E-state index in [1.54, 1.807) is 6.20 Å². The molecule has 3 amide bonds. The van der Waals surface area contributed by atoms with E-state index in [2.05, 4.69) is 29.5 Å². The zero-order chi connectivity index (χ0) is 22.7. The molecule has 1 spiro atoms. The van der Waals surface area contributed by atoms with Gasteiger partial charge in [0, 0.05) is 51.4 Å². The molecular weight excluding hydrogens is 406 g/mol. The minimum Gasteiger partial charge on any atom is -0.354 e. The van der Waals surface area contributed by atoms with Crippen molar-refractivity contribution in [2.45, 2.75) is 58.4 Å².